The van der Waals surface area contributed by atoms with Crippen molar-refractivity contribution in [1.82, 2.24) is 19.2 Å². The number of aryl methyl sites for hydroxylation is 1. The first kappa shape index (κ1) is 43.0. The van der Waals surface area contributed by atoms with Gasteiger partial charge in [0.15, 0.2) is 13.3 Å². The van der Waals surface area contributed by atoms with Gasteiger partial charge in [0.1, 0.15) is 5.03 Å². The summed E-state index contributed by atoms with van der Waals surface area (Å²) < 4.78 is 43.8. The number of nitrogens with one attached hydrogen (secondary N) is 1. The van der Waals surface area contributed by atoms with Crippen molar-refractivity contribution in [3.05, 3.63) is 106 Å². The van der Waals surface area contributed by atoms with E-state index in [2.05, 4.69) is 120 Å². The van der Waals surface area contributed by atoms with E-state index in [4.69, 9.17) is 25.4 Å². The molecular formula is C44H57ClN4O5S2Si2. The van der Waals surface area contributed by atoms with Gasteiger partial charge in [0.2, 0.25) is 0 Å². The quantitative estimate of drug-likeness (QED) is 0.133. The molecule has 2 atom stereocenters. The summed E-state index contributed by atoms with van der Waals surface area (Å²) >= 11 is 7.68. The number of aromatic nitrogens is 2. The van der Waals surface area contributed by atoms with Crippen molar-refractivity contribution < 1.29 is 22.1 Å². The minimum Gasteiger partial charge on any atom is -0.417 e. The fourth-order valence-electron chi connectivity index (χ4n) is 8.18. The minimum atomic E-state index is -3.89. The molecule has 5 aromatic rings. The van der Waals surface area contributed by atoms with Gasteiger partial charge in [-0.25, -0.2) is 13.4 Å². The normalized spacial score (nSPS) is 18.7. The fourth-order valence-corrected chi connectivity index (χ4v) is 16.8. The van der Waals surface area contributed by atoms with Crippen LogP contribution < -0.4 is 10.4 Å². The number of thiazole rings is 1. The van der Waals surface area contributed by atoms with Gasteiger partial charge in [-0.15, -0.1) is 11.3 Å². The highest BCUT2D eigenvalue weighted by atomic mass is 35.5. The third-order valence-corrected chi connectivity index (χ3v) is 25.2. The molecule has 1 saturated heterocycles. The second kappa shape index (κ2) is 16.4. The second-order valence-electron chi connectivity index (χ2n) is 18.3. The smallest absolute Gasteiger partial charge is 0.283 e. The summed E-state index contributed by atoms with van der Waals surface area (Å²) in [6, 6.07) is 27.9. The Morgan fingerprint density at radius 3 is 2.21 bits per heavy atom. The van der Waals surface area contributed by atoms with E-state index in [9.17, 15) is 13.2 Å². The van der Waals surface area contributed by atoms with Crippen molar-refractivity contribution in [2.45, 2.75) is 108 Å². The molecule has 2 aromatic heterocycles. The summed E-state index contributed by atoms with van der Waals surface area (Å²) in [5, 5.41) is 4.20. The highest BCUT2D eigenvalue weighted by molar-refractivity contribution is 7.89. The van der Waals surface area contributed by atoms with Crippen molar-refractivity contribution in [3.8, 4) is 0 Å². The molecular weight excluding hydrogens is 820 g/mol. The van der Waals surface area contributed by atoms with Gasteiger partial charge < -0.3 is 18.7 Å². The van der Waals surface area contributed by atoms with E-state index < -0.39 is 32.7 Å². The van der Waals surface area contributed by atoms with E-state index in [1.807, 2.05) is 4.90 Å². The summed E-state index contributed by atoms with van der Waals surface area (Å²) in [5.74, 6) is -0.154. The first-order chi connectivity index (χ1) is 27.3. The largest absolute Gasteiger partial charge is 0.417 e. The van der Waals surface area contributed by atoms with Crippen LogP contribution in [0.25, 0.3) is 10.9 Å². The summed E-state index contributed by atoms with van der Waals surface area (Å²) in [7, 11) is -8.75. The minimum absolute atomic E-state index is 0.0156. The molecule has 0 saturated carbocycles. The monoisotopic (exact) mass is 876 g/mol. The molecule has 310 valence electrons. The maximum absolute atomic E-state index is 14.6. The lowest BCUT2D eigenvalue weighted by Crippen LogP contribution is -2.68. The zero-order chi connectivity index (χ0) is 41.7. The average Bonchev–Trinajstić information content (AvgIpc) is 3.81. The van der Waals surface area contributed by atoms with Crippen LogP contribution in [0.5, 0.6) is 0 Å². The maximum atomic E-state index is 14.6. The molecule has 1 N–H and O–H groups in total. The predicted molar refractivity (Wildman–Crippen MR) is 241 cm³/mol. The number of hydrogen-bond donors (Lipinski definition) is 1. The number of carbonyl (C=O) groups excluding carboxylic acids is 1. The highest BCUT2D eigenvalue weighted by Gasteiger charge is 2.52. The van der Waals surface area contributed by atoms with Gasteiger partial charge in [-0.3, -0.25) is 4.79 Å². The van der Waals surface area contributed by atoms with Gasteiger partial charge in [-0.1, -0.05) is 114 Å². The Balaban J connectivity index is 1.13. The molecule has 3 aromatic carbocycles. The lowest BCUT2D eigenvalue weighted by Gasteiger charge is -2.45. The van der Waals surface area contributed by atoms with Gasteiger partial charge in [-0.05, 0) is 77.1 Å². The first-order valence-corrected chi connectivity index (χ1v) is 27.8. The Hall–Kier alpha value is -3.15. The van der Waals surface area contributed by atoms with Gasteiger partial charge in [0.25, 0.3) is 24.2 Å². The Labute approximate surface area is 355 Å². The molecule has 1 amide bonds. The molecule has 14 heteroatoms. The van der Waals surface area contributed by atoms with Crippen LogP contribution >= 0.6 is 22.9 Å². The van der Waals surface area contributed by atoms with Crippen LogP contribution in [0.3, 0.4) is 0 Å². The Kier molecular flexibility index (Phi) is 12.1. The summed E-state index contributed by atoms with van der Waals surface area (Å²) in [4.78, 5) is 25.5. The molecule has 2 aliphatic rings. The second-order valence-corrected chi connectivity index (χ2v) is 30.8. The van der Waals surface area contributed by atoms with Gasteiger partial charge in [-0.2, -0.15) is 4.31 Å². The van der Waals surface area contributed by atoms with E-state index in [0.29, 0.717) is 35.0 Å². The van der Waals surface area contributed by atoms with Crippen LogP contribution in [0.15, 0.2) is 90.0 Å². The van der Waals surface area contributed by atoms with Crippen molar-refractivity contribution in [2.75, 3.05) is 26.2 Å². The molecule has 1 aliphatic carbocycles. The number of nitrogens with zero attached hydrogens (tertiary/aromatic N) is 3. The van der Waals surface area contributed by atoms with Crippen LogP contribution in [-0.2, 0) is 31.7 Å². The van der Waals surface area contributed by atoms with Crippen LogP contribution in [0.2, 0.25) is 28.2 Å². The van der Waals surface area contributed by atoms with Crippen LogP contribution in [-0.4, -0.2) is 88.5 Å². The van der Waals surface area contributed by atoms with E-state index in [-0.39, 0.29) is 46.7 Å². The highest BCUT2D eigenvalue weighted by Crippen LogP contribution is 2.41. The third-order valence-electron chi connectivity index (χ3n) is 12.4. The fraction of sp³-hybridized carbons (Fsp3) is 0.455. The summed E-state index contributed by atoms with van der Waals surface area (Å²) in [5.41, 5.74) is 1.66. The standard InChI is InChI=1S/C44H57ClN4O5S2Si2/c1-43(2,3)57(7,8)53-26-23-33-30-48(56(51,52)40-28-31-27-32(45)19-21-37(31)46-40)24-25-49(33)42(50)41-47-38-22-20-34(29-39(38)55-41)54-58(44(4,5)6,35-15-11-9-12-16-35)36-17-13-10-14-18-36/h9-19,21,27-28,33-34,46H,20,22-26,29-30H2,1-8H3. The van der Waals surface area contributed by atoms with E-state index in [0.717, 1.165) is 28.8 Å². The number of piperazine rings is 1. The van der Waals surface area contributed by atoms with Gasteiger partial charge >= 0.3 is 0 Å². The zero-order valence-electron chi connectivity index (χ0n) is 35.0. The molecule has 1 aliphatic heterocycles. The first-order valence-electron chi connectivity index (χ1n) is 20.3. The van der Waals surface area contributed by atoms with Crippen molar-refractivity contribution >= 4 is 76.8 Å². The number of halogens is 1. The number of H-pyrrole nitrogens is 1. The third kappa shape index (κ3) is 8.43. The zero-order valence-corrected chi connectivity index (χ0v) is 39.4. The maximum Gasteiger partial charge on any atom is 0.283 e. The SMILES string of the molecule is CC(C)(C)[Si](C)(C)OCCC1CN(S(=O)(=O)c2cc3cc(Cl)ccc3[nH]2)CCN1C(=O)c1nc2c(s1)CC(O[Si](c1ccccc1)(c1ccccc1)C(C)(C)C)CC2. The van der Waals surface area contributed by atoms with Crippen molar-refractivity contribution in [2.24, 2.45) is 0 Å². The molecule has 2 unspecified atom stereocenters. The summed E-state index contributed by atoms with van der Waals surface area (Å²) in [6.07, 6.45) is 2.71. The summed E-state index contributed by atoms with van der Waals surface area (Å²) in [6.45, 7) is 18.9. The number of carbonyl (C=O) groups is 1. The number of rotatable bonds is 11. The van der Waals surface area contributed by atoms with Crippen molar-refractivity contribution in [3.63, 3.8) is 0 Å². The Morgan fingerprint density at radius 1 is 0.931 bits per heavy atom. The number of amides is 1. The Bertz CT molecular complexity index is 2320. The van der Waals surface area contributed by atoms with Crippen molar-refractivity contribution in [1.29, 1.82) is 0 Å². The average molecular weight is 878 g/mol. The van der Waals surface area contributed by atoms with Gasteiger partial charge in [0.05, 0.1) is 11.8 Å². The lowest BCUT2D eigenvalue weighted by atomic mass is 10.0. The van der Waals surface area contributed by atoms with E-state index in [1.54, 1.807) is 24.3 Å². The molecule has 0 spiro atoms. The Morgan fingerprint density at radius 2 is 1.59 bits per heavy atom. The van der Waals surface area contributed by atoms with Gasteiger partial charge in [0, 0.05) is 59.5 Å². The molecule has 3 heterocycles. The lowest BCUT2D eigenvalue weighted by molar-refractivity contribution is 0.0522. The topological polar surface area (TPSA) is 105 Å². The van der Waals surface area contributed by atoms with Crippen LogP contribution in [0.4, 0.5) is 0 Å². The number of hydrogen-bond acceptors (Lipinski definition) is 7. The molecule has 0 radical (unpaired) electrons. The molecule has 1 fully saturated rings. The molecule has 7 rings (SSSR count). The number of sulfonamides is 1. The molecule has 9 nitrogen and oxygen atoms in total. The van der Waals surface area contributed by atoms with Crippen LogP contribution in [0.1, 0.15) is 74.8 Å². The molecule has 58 heavy (non-hydrogen) atoms. The number of benzene rings is 3. The van der Waals surface area contributed by atoms with E-state index in [1.165, 1.54) is 26.0 Å². The number of aromatic amines is 1. The molecule has 0 bridgehead atoms. The van der Waals surface area contributed by atoms with E-state index >= 15 is 0 Å². The predicted octanol–water partition coefficient (Wildman–Crippen LogP) is 8.64. The van der Waals surface area contributed by atoms with Crippen LogP contribution in [0, 0.1) is 0 Å². The number of fused-ring (bicyclic) bond motifs is 2.